The molecule has 0 aliphatic rings. The molecule has 0 fully saturated rings. The molecule has 96 valence electrons. The minimum Gasteiger partial charge on any atom is -0.497 e. The minimum absolute atomic E-state index is 0.416. The Morgan fingerprint density at radius 2 is 2.05 bits per heavy atom. The van der Waals surface area contributed by atoms with E-state index in [1.807, 2.05) is 18.2 Å². The van der Waals surface area contributed by atoms with E-state index in [2.05, 4.69) is 27.3 Å². The molecule has 0 spiro atoms. The van der Waals surface area contributed by atoms with Crippen LogP contribution in [0.5, 0.6) is 5.75 Å². The van der Waals surface area contributed by atoms with E-state index >= 15 is 0 Å². The van der Waals surface area contributed by atoms with E-state index in [0.717, 1.165) is 15.9 Å². The van der Waals surface area contributed by atoms with E-state index in [-0.39, 0.29) is 0 Å². The van der Waals surface area contributed by atoms with Gasteiger partial charge in [-0.1, -0.05) is 17.7 Å². The van der Waals surface area contributed by atoms with E-state index < -0.39 is 0 Å². The third-order valence-corrected chi connectivity index (χ3v) is 3.57. The third kappa shape index (κ3) is 3.01. The van der Waals surface area contributed by atoms with Crippen LogP contribution in [0, 0.1) is 11.3 Å². The monoisotopic (exact) mass is 336 g/mol. The Balaban J connectivity index is 2.42. The summed E-state index contributed by atoms with van der Waals surface area (Å²) in [6.07, 6.45) is 0. The van der Waals surface area contributed by atoms with Crippen molar-refractivity contribution in [1.82, 2.24) is 0 Å². The molecule has 2 aromatic carbocycles. The highest BCUT2D eigenvalue weighted by molar-refractivity contribution is 9.10. The second-order valence-electron chi connectivity index (χ2n) is 3.74. The normalized spacial score (nSPS) is 9.79. The molecule has 2 rings (SSSR count). The first-order valence-corrected chi connectivity index (χ1v) is 6.62. The number of nitriles is 1. The van der Waals surface area contributed by atoms with Gasteiger partial charge in [-0.25, -0.2) is 0 Å². The average Bonchev–Trinajstić information content (AvgIpc) is 2.41. The molecule has 0 unspecified atom stereocenters. The number of hydrogen-bond donors (Lipinski definition) is 1. The van der Waals surface area contributed by atoms with Gasteiger partial charge in [0, 0.05) is 10.5 Å². The fourth-order valence-electron chi connectivity index (χ4n) is 1.61. The summed E-state index contributed by atoms with van der Waals surface area (Å²) in [6.45, 7) is 0. The summed E-state index contributed by atoms with van der Waals surface area (Å²) >= 11 is 9.44. The smallest absolute Gasteiger partial charge is 0.121 e. The lowest BCUT2D eigenvalue weighted by molar-refractivity contribution is 0.415. The summed E-state index contributed by atoms with van der Waals surface area (Å²) in [6, 6.07) is 12.9. The predicted molar refractivity (Wildman–Crippen MR) is 80.1 cm³/mol. The van der Waals surface area contributed by atoms with Crippen LogP contribution in [0.4, 0.5) is 11.4 Å². The molecular formula is C14H10BrClN2O. The first-order valence-electron chi connectivity index (χ1n) is 5.45. The number of ether oxygens (including phenoxy) is 1. The molecule has 5 heteroatoms. The molecule has 0 aliphatic heterocycles. The zero-order valence-electron chi connectivity index (χ0n) is 10.1. The largest absolute Gasteiger partial charge is 0.497 e. The lowest BCUT2D eigenvalue weighted by Crippen LogP contribution is -1.96. The van der Waals surface area contributed by atoms with E-state index in [4.69, 9.17) is 21.6 Å². The minimum atomic E-state index is 0.416. The van der Waals surface area contributed by atoms with Gasteiger partial charge in [0.25, 0.3) is 0 Å². The third-order valence-electron chi connectivity index (χ3n) is 2.57. The maximum Gasteiger partial charge on any atom is 0.121 e. The van der Waals surface area contributed by atoms with Gasteiger partial charge in [-0.3, -0.25) is 0 Å². The summed E-state index contributed by atoms with van der Waals surface area (Å²) in [5.41, 5.74) is 1.88. The molecule has 0 atom stereocenters. The molecule has 0 saturated carbocycles. The molecule has 0 radical (unpaired) electrons. The lowest BCUT2D eigenvalue weighted by atomic mass is 10.2. The molecule has 3 nitrogen and oxygen atoms in total. The van der Waals surface area contributed by atoms with Crippen molar-refractivity contribution < 1.29 is 4.74 Å². The van der Waals surface area contributed by atoms with Crippen molar-refractivity contribution in [1.29, 1.82) is 5.26 Å². The highest BCUT2D eigenvalue weighted by atomic mass is 79.9. The van der Waals surface area contributed by atoms with Crippen molar-refractivity contribution in [2.45, 2.75) is 0 Å². The quantitative estimate of drug-likeness (QED) is 0.881. The van der Waals surface area contributed by atoms with Crippen LogP contribution in [0.25, 0.3) is 0 Å². The maximum atomic E-state index is 9.14. The number of halogens is 2. The van der Waals surface area contributed by atoms with Crippen LogP contribution in [-0.4, -0.2) is 7.11 Å². The van der Waals surface area contributed by atoms with Gasteiger partial charge in [-0.15, -0.1) is 0 Å². The Morgan fingerprint density at radius 3 is 2.74 bits per heavy atom. The predicted octanol–water partition coefficient (Wildman–Crippen LogP) is 4.73. The average molecular weight is 338 g/mol. The molecule has 0 heterocycles. The van der Waals surface area contributed by atoms with E-state index in [9.17, 15) is 0 Å². The van der Waals surface area contributed by atoms with Crippen molar-refractivity contribution in [3.05, 3.63) is 51.5 Å². The Morgan fingerprint density at radius 1 is 1.26 bits per heavy atom. The van der Waals surface area contributed by atoms with E-state index in [0.29, 0.717) is 16.3 Å². The molecule has 0 aromatic heterocycles. The van der Waals surface area contributed by atoms with Gasteiger partial charge in [-0.05, 0) is 40.2 Å². The van der Waals surface area contributed by atoms with Gasteiger partial charge in [0.05, 0.1) is 29.1 Å². The number of methoxy groups -OCH3 is 1. The van der Waals surface area contributed by atoms with Crippen LogP contribution >= 0.6 is 27.5 Å². The van der Waals surface area contributed by atoms with Crippen LogP contribution in [0.15, 0.2) is 40.9 Å². The van der Waals surface area contributed by atoms with Crippen molar-refractivity contribution in [2.24, 2.45) is 0 Å². The molecule has 0 bridgehead atoms. The Labute approximate surface area is 124 Å². The summed E-state index contributed by atoms with van der Waals surface area (Å²) in [5, 5.41) is 12.7. The SMILES string of the molecule is COc1ccc(Br)c(Nc2cccc(Cl)c2C#N)c1. The Kier molecular flexibility index (Phi) is 4.31. The zero-order chi connectivity index (χ0) is 13.8. The number of rotatable bonds is 3. The summed E-state index contributed by atoms with van der Waals surface area (Å²) in [7, 11) is 1.60. The highest BCUT2D eigenvalue weighted by Gasteiger charge is 2.08. The second kappa shape index (κ2) is 5.96. The first kappa shape index (κ1) is 13.7. The molecule has 0 amide bonds. The van der Waals surface area contributed by atoms with Crippen LogP contribution in [0.1, 0.15) is 5.56 Å². The number of nitrogens with zero attached hydrogens (tertiary/aromatic N) is 1. The van der Waals surface area contributed by atoms with Crippen LogP contribution in [0.2, 0.25) is 5.02 Å². The standard InChI is InChI=1S/C14H10BrClN2O/c1-19-9-5-6-11(15)14(7-9)18-13-4-2-3-12(16)10(13)8-17/h2-7,18H,1H3. The molecule has 19 heavy (non-hydrogen) atoms. The zero-order valence-corrected chi connectivity index (χ0v) is 12.4. The van der Waals surface area contributed by atoms with Crippen molar-refractivity contribution >= 4 is 38.9 Å². The number of benzene rings is 2. The topological polar surface area (TPSA) is 45.0 Å². The van der Waals surface area contributed by atoms with Gasteiger partial charge < -0.3 is 10.1 Å². The molecule has 0 aliphatic carbocycles. The first-order chi connectivity index (χ1) is 9.15. The van der Waals surface area contributed by atoms with Crippen molar-refractivity contribution in [3.8, 4) is 11.8 Å². The van der Waals surface area contributed by atoms with Crippen LogP contribution < -0.4 is 10.1 Å². The summed E-state index contributed by atoms with van der Waals surface area (Å²) < 4.78 is 6.05. The molecule has 0 saturated heterocycles. The van der Waals surface area contributed by atoms with Gasteiger partial charge in [0.1, 0.15) is 11.8 Å². The van der Waals surface area contributed by atoms with E-state index in [1.54, 1.807) is 25.3 Å². The van der Waals surface area contributed by atoms with Crippen molar-refractivity contribution in [3.63, 3.8) is 0 Å². The van der Waals surface area contributed by atoms with E-state index in [1.165, 1.54) is 0 Å². The van der Waals surface area contributed by atoms with Gasteiger partial charge in [0.2, 0.25) is 0 Å². The van der Waals surface area contributed by atoms with Gasteiger partial charge in [0.15, 0.2) is 0 Å². The number of nitrogens with one attached hydrogen (secondary N) is 1. The van der Waals surface area contributed by atoms with Crippen molar-refractivity contribution in [2.75, 3.05) is 12.4 Å². The Bertz CT molecular complexity index is 652. The maximum absolute atomic E-state index is 9.14. The Hall–Kier alpha value is -1.70. The second-order valence-corrected chi connectivity index (χ2v) is 5.01. The van der Waals surface area contributed by atoms with Crippen LogP contribution in [-0.2, 0) is 0 Å². The molecule has 2 aromatic rings. The summed E-state index contributed by atoms with van der Waals surface area (Å²) in [5.74, 6) is 0.728. The van der Waals surface area contributed by atoms with Gasteiger partial charge >= 0.3 is 0 Å². The summed E-state index contributed by atoms with van der Waals surface area (Å²) in [4.78, 5) is 0. The fraction of sp³-hybridized carbons (Fsp3) is 0.0714. The lowest BCUT2D eigenvalue weighted by Gasteiger charge is -2.12. The molecular weight excluding hydrogens is 328 g/mol. The fourth-order valence-corrected chi connectivity index (χ4v) is 2.18. The number of anilines is 2. The highest BCUT2D eigenvalue weighted by Crippen LogP contribution is 2.32. The number of hydrogen-bond acceptors (Lipinski definition) is 3. The molecule has 1 N–H and O–H groups in total. The van der Waals surface area contributed by atoms with Gasteiger partial charge in [-0.2, -0.15) is 5.26 Å². The van der Waals surface area contributed by atoms with Crippen LogP contribution in [0.3, 0.4) is 0 Å².